The first-order valence-corrected chi connectivity index (χ1v) is 8.62. The molecule has 0 atom stereocenters. The zero-order chi connectivity index (χ0) is 16.9. The highest BCUT2D eigenvalue weighted by Crippen LogP contribution is 2.30. The van der Waals surface area contributed by atoms with Crippen molar-refractivity contribution in [3.05, 3.63) is 71.0 Å². The van der Waals surface area contributed by atoms with Gasteiger partial charge in [0.15, 0.2) is 5.13 Å². The van der Waals surface area contributed by atoms with E-state index in [-0.39, 0.29) is 22.9 Å². The lowest BCUT2D eigenvalue weighted by atomic mass is 10.2. The highest BCUT2D eigenvalue weighted by molar-refractivity contribution is 8.00. The molecule has 124 valence electrons. The molecule has 0 amide bonds. The summed E-state index contributed by atoms with van der Waals surface area (Å²) in [4.78, 5) is 3.82. The fraction of sp³-hybridized carbons (Fsp3) is 0.0625. The molecule has 24 heavy (non-hydrogen) atoms. The van der Waals surface area contributed by atoms with Crippen molar-refractivity contribution in [2.75, 3.05) is 10.0 Å². The Balaban J connectivity index is 1.68. The largest absolute Gasteiger partial charge is 0.381 e. The van der Waals surface area contributed by atoms with E-state index in [1.165, 1.54) is 29.5 Å². The van der Waals surface area contributed by atoms with Crippen LogP contribution in [-0.2, 0) is 6.54 Å². The molecule has 2 aromatic carbocycles. The maximum Gasteiger partial charge on any atom is 0.192 e. The molecule has 0 radical (unpaired) electrons. The number of benzene rings is 2. The highest BCUT2D eigenvalue weighted by Gasteiger charge is 2.13. The van der Waals surface area contributed by atoms with Gasteiger partial charge in [-0.2, -0.15) is 0 Å². The molecule has 0 saturated carbocycles. The first-order valence-electron chi connectivity index (χ1n) is 6.92. The van der Waals surface area contributed by atoms with Gasteiger partial charge in [0.05, 0.1) is 0 Å². The molecule has 1 heterocycles. The second-order valence-electron chi connectivity index (χ2n) is 4.76. The zero-order valence-corrected chi connectivity index (χ0v) is 13.9. The van der Waals surface area contributed by atoms with Crippen LogP contribution in [0.25, 0.3) is 0 Å². The van der Waals surface area contributed by atoms with Gasteiger partial charge >= 0.3 is 0 Å². The molecule has 0 aliphatic heterocycles. The van der Waals surface area contributed by atoms with E-state index in [0.29, 0.717) is 10.7 Å². The molecule has 2 N–H and O–H groups in total. The molecule has 8 heteroatoms. The number of aromatic nitrogens is 1. The van der Waals surface area contributed by atoms with E-state index in [0.717, 1.165) is 11.9 Å². The van der Waals surface area contributed by atoms with Gasteiger partial charge in [-0.3, -0.25) is 0 Å². The third-order valence-electron chi connectivity index (χ3n) is 3.11. The highest BCUT2D eigenvalue weighted by atomic mass is 32.2. The lowest BCUT2D eigenvalue weighted by molar-refractivity contribution is 0.541. The van der Waals surface area contributed by atoms with Crippen molar-refractivity contribution in [1.29, 1.82) is 0 Å². The van der Waals surface area contributed by atoms with Crippen LogP contribution in [0, 0.1) is 17.5 Å². The molecule has 0 unspecified atom stereocenters. The second kappa shape index (κ2) is 7.59. The van der Waals surface area contributed by atoms with E-state index >= 15 is 0 Å². The topological polar surface area (TPSA) is 37.0 Å². The van der Waals surface area contributed by atoms with Gasteiger partial charge in [0.2, 0.25) is 0 Å². The number of halogens is 3. The summed E-state index contributed by atoms with van der Waals surface area (Å²) in [5, 5.41) is 5.13. The fourth-order valence-corrected chi connectivity index (χ4v) is 3.21. The lowest BCUT2D eigenvalue weighted by Crippen LogP contribution is -2.03. The maximum atomic E-state index is 14.1. The molecular formula is C16H12F3N3S2. The number of hydrogen-bond donors (Lipinski definition) is 2. The molecule has 0 spiro atoms. The van der Waals surface area contributed by atoms with Crippen molar-refractivity contribution in [3.8, 4) is 0 Å². The number of hydrogen-bond acceptors (Lipinski definition) is 5. The summed E-state index contributed by atoms with van der Waals surface area (Å²) in [5.41, 5.74) is 0.661. The summed E-state index contributed by atoms with van der Waals surface area (Å²) in [6.07, 6.45) is 1.59. The SMILES string of the molecule is Fc1ccccc1CNc1cc(F)c(SNc2nccs2)c(F)c1. The Labute approximate surface area is 145 Å². The van der Waals surface area contributed by atoms with Crippen LogP contribution in [0.1, 0.15) is 5.56 Å². The Kier molecular flexibility index (Phi) is 5.27. The first-order chi connectivity index (χ1) is 11.6. The van der Waals surface area contributed by atoms with Crippen LogP contribution >= 0.6 is 23.3 Å². The number of anilines is 2. The summed E-state index contributed by atoms with van der Waals surface area (Å²) in [6.45, 7) is 0.134. The van der Waals surface area contributed by atoms with Gasteiger partial charge < -0.3 is 10.0 Å². The summed E-state index contributed by atoms with van der Waals surface area (Å²) < 4.78 is 44.6. The van der Waals surface area contributed by atoms with Gasteiger partial charge in [-0.15, -0.1) is 11.3 Å². The Hall–Kier alpha value is -2.19. The van der Waals surface area contributed by atoms with Crippen molar-refractivity contribution in [2.24, 2.45) is 0 Å². The minimum atomic E-state index is -0.708. The van der Waals surface area contributed by atoms with Crippen molar-refractivity contribution >= 4 is 34.1 Å². The lowest BCUT2D eigenvalue weighted by Gasteiger charge is -2.10. The Bertz CT molecular complexity index is 802. The van der Waals surface area contributed by atoms with Crippen molar-refractivity contribution in [1.82, 2.24) is 4.98 Å². The predicted octanol–water partition coefficient (Wildman–Crippen LogP) is 5.29. The summed E-state index contributed by atoms with van der Waals surface area (Å²) in [5.74, 6) is -1.79. The van der Waals surface area contributed by atoms with Crippen LogP contribution < -0.4 is 10.0 Å². The molecule has 3 rings (SSSR count). The monoisotopic (exact) mass is 367 g/mol. The van der Waals surface area contributed by atoms with Crippen LogP contribution in [0.2, 0.25) is 0 Å². The van der Waals surface area contributed by atoms with Crippen LogP contribution in [0.15, 0.2) is 52.9 Å². The maximum absolute atomic E-state index is 14.1. The van der Waals surface area contributed by atoms with E-state index in [4.69, 9.17) is 0 Å². The molecule has 3 nitrogen and oxygen atoms in total. The van der Waals surface area contributed by atoms with Gasteiger partial charge in [0.25, 0.3) is 0 Å². The average Bonchev–Trinajstić information content (AvgIpc) is 3.07. The van der Waals surface area contributed by atoms with Gasteiger partial charge in [-0.1, -0.05) is 18.2 Å². The normalized spacial score (nSPS) is 10.6. The van der Waals surface area contributed by atoms with Crippen molar-refractivity contribution in [3.63, 3.8) is 0 Å². The predicted molar refractivity (Wildman–Crippen MR) is 91.7 cm³/mol. The third kappa shape index (κ3) is 4.01. The van der Waals surface area contributed by atoms with Crippen LogP contribution in [0.5, 0.6) is 0 Å². The number of nitrogens with zero attached hydrogens (tertiary/aromatic N) is 1. The van der Waals surface area contributed by atoms with E-state index < -0.39 is 11.6 Å². The fourth-order valence-electron chi connectivity index (χ4n) is 1.97. The molecule has 0 aliphatic carbocycles. The van der Waals surface area contributed by atoms with Gasteiger partial charge in [-0.25, -0.2) is 18.2 Å². The Morgan fingerprint density at radius 3 is 2.46 bits per heavy atom. The van der Waals surface area contributed by atoms with E-state index in [9.17, 15) is 13.2 Å². The van der Waals surface area contributed by atoms with E-state index in [1.54, 1.807) is 29.8 Å². The van der Waals surface area contributed by atoms with E-state index in [1.807, 2.05) is 0 Å². The average molecular weight is 367 g/mol. The summed E-state index contributed by atoms with van der Waals surface area (Å²) >= 11 is 2.15. The minimum Gasteiger partial charge on any atom is -0.381 e. The second-order valence-corrected chi connectivity index (χ2v) is 6.47. The number of nitrogens with one attached hydrogen (secondary N) is 2. The van der Waals surface area contributed by atoms with Crippen LogP contribution in [-0.4, -0.2) is 4.98 Å². The standard InChI is InChI=1S/C16H12F3N3S2/c17-12-4-2-1-3-10(12)9-21-11-7-13(18)15(14(19)8-11)24-22-16-20-5-6-23-16/h1-8,21H,9H2,(H,20,22). The first kappa shape index (κ1) is 16.7. The summed E-state index contributed by atoms with van der Waals surface area (Å²) in [7, 11) is 0. The zero-order valence-electron chi connectivity index (χ0n) is 12.2. The van der Waals surface area contributed by atoms with Crippen molar-refractivity contribution < 1.29 is 13.2 Å². The Morgan fingerprint density at radius 2 is 1.79 bits per heavy atom. The molecule has 0 fully saturated rings. The third-order valence-corrected chi connectivity index (χ3v) is 4.82. The molecule has 0 bridgehead atoms. The quantitative estimate of drug-likeness (QED) is 0.580. The molecule has 0 aliphatic rings. The number of rotatable bonds is 6. The van der Waals surface area contributed by atoms with Gasteiger partial charge in [0.1, 0.15) is 22.3 Å². The minimum absolute atomic E-state index is 0.134. The van der Waals surface area contributed by atoms with Crippen molar-refractivity contribution in [2.45, 2.75) is 11.4 Å². The van der Waals surface area contributed by atoms with Crippen LogP contribution in [0.3, 0.4) is 0 Å². The van der Waals surface area contributed by atoms with Gasteiger partial charge in [-0.05, 0) is 30.1 Å². The molecular weight excluding hydrogens is 355 g/mol. The smallest absolute Gasteiger partial charge is 0.192 e. The molecule has 3 aromatic rings. The number of thiazole rings is 1. The summed E-state index contributed by atoms with van der Waals surface area (Å²) in [6, 6.07) is 8.58. The van der Waals surface area contributed by atoms with Gasteiger partial charge in [0, 0.05) is 29.4 Å². The van der Waals surface area contributed by atoms with E-state index in [2.05, 4.69) is 15.0 Å². The molecule has 0 saturated heterocycles. The molecule has 1 aromatic heterocycles. The Morgan fingerprint density at radius 1 is 1.04 bits per heavy atom. The van der Waals surface area contributed by atoms with Crippen LogP contribution in [0.4, 0.5) is 24.0 Å².